The van der Waals surface area contributed by atoms with Crippen molar-refractivity contribution in [3.8, 4) is 11.3 Å². The predicted octanol–water partition coefficient (Wildman–Crippen LogP) is 2.68. The van der Waals surface area contributed by atoms with Crippen LogP contribution >= 0.6 is 0 Å². The Bertz CT molecular complexity index is 591. The number of benzene rings is 1. The van der Waals surface area contributed by atoms with Gasteiger partial charge >= 0.3 is 0 Å². The molecule has 21 heavy (non-hydrogen) atoms. The summed E-state index contributed by atoms with van der Waals surface area (Å²) in [7, 11) is 2.02. The number of nitrogens with zero attached hydrogens (tertiary/aromatic N) is 2. The maximum absolute atomic E-state index is 12.9. The Morgan fingerprint density at radius 2 is 2.05 bits per heavy atom. The molecule has 3 rings (SSSR count). The third-order valence-corrected chi connectivity index (χ3v) is 3.87. The fourth-order valence-corrected chi connectivity index (χ4v) is 2.72. The Morgan fingerprint density at radius 1 is 1.33 bits per heavy atom. The molecule has 112 valence electrons. The SMILES string of the molecule is CN(Cc1ncc(-c2ccc(F)cc2)o1)CC1CC(O)C1. The molecule has 1 aliphatic rings. The number of hydrogen-bond donors (Lipinski definition) is 1. The van der Waals surface area contributed by atoms with Gasteiger partial charge in [0.05, 0.1) is 18.8 Å². The number of aliphatic hydroxyl groups excluding tert-OH is 1. The van der Waals surface area contributed by atoms with Crippen molar-refractivity contribution in [2.24, 2.45) is 5.92 Å². The molecule has 1 N–H and O–H groups in total. The Morgan fingerprint density at radius 3 is 2.71 bits per heavy atom. The standard InChI is InChI=1S/C16H19FN2O2/c1-19(9-11-6-14(20)7-11)10-16-18-8-15(21-16)12-2-4-13(17)5-3-12/h2-5,8,11,14,20H,6-7,9-10H2,1H3. The number of hydrogen-bond acceptors (Lipinski definition) is 4. The van der Waals surface area contributed by atoms with Crippen LogP contribution in [-0.2, 0) is 6.54 Å². The molecule has 0 spiro atoms. The summed E-state index contributed by atoms with van der Waals surface area (Å²) < 4.78 is 18.6. The van der Waals surface area contributed by atoms with Crippen LogP contribution in [0.3, 0.4) is 0 Å². The molecule has 5 heteroatoms. The highest BCUT2D eigenvalue weighted by molar-refractivity contribution is 5.55. The van der Waals surface area contributed by atoms with E-state index < -0.39 is 0 Å². The van der Waals surface area contributed by atoms with Crippen LogP contribution in [0.5, 0.6) is 0 Å². The van der Waals surface area contributed by atoms with Crippen LogP contribution in [0.1, 0.15) is 18.7 Å². The molecule has 1 saturated carbocycles. The fourth-order valence-electron chi connectivity index (χ4n) is 2.72. The molecule has 4 nitrogen and oxygen atoms in total. The second kappa shape index (κ2) is 5.95. The average Bonchev–Trinajstić information content (AvgIpc) is 2.86. The van der Waals surface area contributed by atoms with Crippen LogP contribution in [0.25, 0.3) is 11.3 Å². The molecule has 0 amide bonds. The van der Waals surface area contributed by atoms with Gasteiger partial charge in [0.15, 0.2) is 5.76 Å². The first kappa shape index (κ1) is 14.2. The largest absolute Gasteiger partial charge is 0.439 e. The number of oxazole rings is 1. The molecular formula is C16H19FN2O2. The minimum atomic E-state index is -0.263. The third-order valence-electron chi connectivity index (χ3n) is 3.87. The summed E-state index contributed by atoms with van der Waals surface area (Å²) in [5, 5.41) is 9.29. The van der Waals surface area contributed by atoms with E-state index in [1.165, 1.54) is 12.1 Å². The molecule has 1 aromatic heterocycles. The normalized spacial score (nSPS) is 21.5. The fraction of sp³-hybridized carbons (Fsp3) is 0.438. The molecular weight excluding hydrogens is 271 g/mol. The number of aromatic nitrogens is 1. The average molecular weight is 290 g/mol. The lowest BCUT2D eigenvalue weighted by Crippen LogP contribution is -2.36. The summed E-state index contributed by atoms with van der Waals surface area (Å²) in [6.45, 7) is 1.57. The maximum Gasteiger partial charge on any atom is 0.209 e. The van der Waals surface area contributed by atoms with Crippen LogP contribution < -0.4 is 0 Å². The van der Waals surface area contributed by atoms with Gasteiger partial charge in [-0.15, -0.1) is 0 Å². The van der Waals surface area contributed by atoms with Crippen molar-refractivity contribution in [1.82, 2.24) is 9.88 Å². The summed E-state index contributed by atoms with van der Waals surface area (Å²) >= 11 is 0. The van der Waals surface area contributed by atoms with Gasteiger partial charge in [0.25, 0.3) is 0 Å². The van der Waals surface area contributed by atoms with Crippen molar-refractivity contribution in [3.63, 3.8) is 0 Å². The first-order chi connectivity index (χ1) is 10.1. The van der Waals surface area contributed by atoms with Crippen molar-refractivity contribution in [2.75, 3.05) is 13.6 Å². The summed E-state index contributed by atoms with van der Waals surface area (Å²) in [6, 6.07) is 6.18. The van der Waals surface area contributed by atoms with E-state index in [4.69, 9.17) is 4.42 Å². The van der Waals surface area contributed by atoms with Crippen LogP contribution in [-0.4, -0.2) is 34.7 Å². The first-order valence-corrected chi connectivity index (χ1v) is 7.17. The number of aliphatic hydroxyl groups is 1. The Balaban J connectivity index is 1.58. The van der Waals surface area contributed by atoms with Gasteiger partial charge in [-0.2, -0.15) is 0 Å². The monoisotopic (exact) mass is 290 g/mol. The Kier molecular flexibility index (Phi) is 4.03. The van der Waals surface area contributed by atoms with Crippen molar-refractivity contribution in [3.05, 3.63) is 42.2 Å². The van der Waals surface area contributed by atoms with Crippen molar-refractivity contribution >= 4 is 0 Å². The lowest BCUT2D eigenvalue weighted by Gasteiger charge is -2.34. The van der Waals surface area contributed by atoms with Crippen molar-refractivity contribution < 1.29 is 13.9 Å². The summed E-state index contributed by atoms with van der Waals surface area (Å²) in [4.78, 5) is 6.42. The van der Waals surface area contributed by atoms with Crippen molar-refractivity contribution in [1.29, 1.82) is 0 Å². The van der Waals surface area contributed by atoms with Crippen LogP contribution in [0, 0.1) is 11.7 Å². The highest BCUT2D eigenvalue weighted by atomic mass is 19.1. The smallest absolute Gasteiger partial charge is 0.209 e. The van der Waals surface area contributed by atoms with E-state index in [0.29, 0.717) is 24.1 Å². The number of halogens is 1. The van der Waals surface area contributed by atoms with Gasteiger partial charge in [-0.3, -0.25) is 4.90 Å². The molecule has 0 saturated heterocycles. The lowest BCUT2D eigenvalue weighted by atomic mass is 9.82. The summed E-state index contributed by atoms with van der Waals surface area (Å²) in [6.07, 6.45) is 3.33. The summed E-state index contributed by atoms with van der Waals surface area (Å²) in [5.41, 5.74) is 0.819. The number of rotatable bonds is 5. The van der Waals surface area contributed by atoms with Gasteiger partial charge in [-0.1, -0.05) is 0 Å². The van der Waals surface area contributed by atoms with Gasteiger partial charge in [-0.25, -0.2) is 9.37 Å². The zero-order valence-electron chi connectivity index (χ0n) is 12.0. The van der Waals surface area contributed by atoms with E-state index in [1.54, 1.807) is 18.3 Å². The van der Waals surface area contributed by atoms with Gasteiger partial charge in [0.1, 0.15) is 5.82 Å². The Hall–Kier alpha value is -1.72. The Labute approximate surface area is 123 Å². The van der Waals surface area contributed by atoms with E-state index in [9.17, 15) is 9.50 Å². The molecule has 0 unspecified atom stereocenters. The topological polar surface area (TPSA) is 49.5 Å². The van der Waals surface area contributed by atoms with Gasteiger partial charge < -0.3 is 9.52 Å². The van der Waals surface area contributed by atoms with Gasteiger partial charge in [0.2, 0.25) is 5.89 Å². The molecule has 0 radical (unpaired) electrons. The third kappa shape index (κ3) is 3.49. The molecule has 0 atom stereocenters. The maximum atomic E-state index is 12.9. The molecule has 1 fully saturated rings. The van der Waals surface area contributed by atoms with Crippen molar-refractivity contribution in [2.45, 2.75) is 25.5 Å². The quantitative estimate of drug-likeness (QED) is 0.920. The van der Waals surface area contributed by atoms with Crippen LogP contribution in [0.2, 0.25) is 0 Å². The second-order valence-electron chi connectivity index (χ2n) is 5.81. The van der Waals surface area contributed by atoms with E-state index in [0.717, 1.165) is 24.9 Å². The highest BCUT2D eigenvalue weighted by Gasteiger charge is 2.28. The zero-order valence-corrected chi connectivity index (χ0v) is 12.0. The van der Waals surface area contributed by atoms with E-state index >= 15 is 0 Å². The predicted molar refractivity (Wildman–Crippen MR) is 77.0 cm³/mol. The second-order valence-corrected chi connectivity index (χ2v) is 5.81. The lowest BCUT2D eigenvalue weighted by molar-refractivity contribution is 0.0264. The first-order valence-electron chi connectivity index (χ1n) is 7.17. The van der Waals surface area contributed by atoms with E-state index in [-0.39, 0.29) is 11.9 Å². The van der Waals surface area contributed by atoms with Crippen LogP contribution in [0.4, 0.5) is 4.39 Å². The van der Waals surface area contributed by atoms with Gasteiger partial charge in [-0.05, 0) is 50.1 Å². The minimum Gasteiger partial charge on any atom is -0.439 e. The zero-order chi connectivity index (χ0) is 14.8. The van der Waals surface area contributed by atoms with Crippen LogP contribution in [0.15, 0.2) is 34.9 Å². The molecule has 1 aromatic carbocycles. The van der Waals surface area contributed by atoms with Gasteiger partial charge in [0, 0.05) is 12.1 Å². The van der Waals surface area contributed by atoms with E-state index in [2.05, 4.69) is 9.88 Å². The molecule has 1 heterocycles. The molecule has 0 bridgehead atoms. The highest BCUT2D eigenvalue weighted by Crippen LogP contribution is 2.28. The summed E-state index contributed by atoms with van der Waals surface area (Å²) in [5.74, 6) is 1.60. The molecule has 0 aliphatic heterocycles. The van der Waals surface area contributed by atoms with E-state index in [1.807, 2.05) is 7.05 Å². The minimum absolute atomic E-state index is 0.116. The molecule has 1 aliphatic carbocycles. The molecule has 2 aromatic rings.